The minimum Gasteiger partial charge on any atom is -0.436 e. The standard InChI is InChI=1S/C21H14IN3O2S/c22-15-8-4-7-14(11-15)20-24-17-12-16(9-10-18(17)27-20)23-21(28)25-19(26)13-5-2-1-3-6-13/h1-12H,(H2,23,25,26,28). The summed E-state index contributed by atoms with van der Waals surface area (Å²) in [7, 11) is 0. The Morgan fingerprint density at radius 3 is 2.61 bits per heavy atom. The topological polar surface area (TPSA) is 67.2 Å². The summed E-state index contributed by atoms with van der Waals surface area (Å²) in [5, 5.41) is 5.89. The summed E-state index contributed by atoms with van der Waals surface area (Å²) in [6.07, 6.45) is 0. The SMILES string of the molecule is O=C(NC(=S)Nc1ccc2oc(-c3cccc(I)c3)nc2c1)c1ccccc1. The number of oxazole rings is 1. The third kappa shape index (κ3) is 4.20. The summed E-state index contributed by atoms with van der Waals surface area (Å²) in [5.74, 6) is 0.298. The fourth-order valence-corrected chi connectivity index (χ4v) is 3.43. The van der Waals surface area contributed by atoms with Gasteiger partial charge in [-0.25, -0.2) is 4.98 Å². The number of nitrogens with one attached hydrogen (secondary N) is 2. The minimum atomic E-state index is -0.262. The van der Waals surface area contributed by atoms with E-state index in [0.29, 0.717) is 28.2 Å². The molecule has 0 bridgehead atoms. The molecule has 1 heterocycles. The molecular weight excluding hydrogens is 485 g/mol. The molecule has 0 atom stereocenters. The van der Waals surface area contributed by atoms with Crippen LogP contribution in [0.2, 0.25) is 0 Å². The van der Waals surface area contributed by atoms with Gasteiger partial charge in [0.1, 0.15) is 5.52 Å². The van der Waals surface area contributed by atoms with Crippen molar-refractivity contribution >= 4 is 62.6 Å². The molecule has 0 radical (unpaired) electrons. The lowest BCUT2D eigenvalue weighted by Gasteiger charge is -2.09. The Kier molecular flexibility index (Phi) is 5.36. The molecule has 3 aromatic carbocycles. The molecule has 0 spiro atoms. The number of carbonyl (C=O) groups is 1. The molecule has 0 aliphatic carbocycles. The zero-order valence-corrected chi connectivity index (χ0v) is 17.5. The predicted octanol–water partition coefficient (Wildman–Crippen LogP) is 5.23. The van der Waals surface area contributed by atoms with E-state index in [1.807, 2.05) is 48.5 Å². The first kappa shape index (κ1) is 18.6. The highest BCUT2D eigenvalue weighted by Gasteiger charge is 2.11. The normalized spacial score (nSPS) is 10.6. The van der Waals surface area contributed by atoms with Gasteiger partial charge in [-0.05, 0) is 83.3 Å². The van der Waals surface area contributed by atoms with E-state index in [2.05, 4.69) is 38.2 Å². The van der Waals surface area contributed by atoms with Crippen LogP contribution >= 0.6 is 34.8 Å². The molecule has 0 aliphatic heterocycles. The van der Waals surface area contributed by atoms with E-state index in [0.717, 1.165) is 9.13 Å². The Morgan fingerprint density at radius 1 is 1.00 bits per heavy atom. The largest absolute Gasteiger partial charge is 0.436 e. The number of rotatable bonds is 3. The highest BCUT2D eigenvalue weighted by atomic mass is 127. The second-order valence-electron chi connectivity index (χ2n) is 5.99. The number of halogens is 1. The molecule has 0 unspecified atom stereocenters. The van der Waals surface area contributed by atoms with E-state index in [9.17, 15) is 4.79 Å². The molecule has 138 valence electrons. The van der Waals surface area contributed by atoms with E-state index in [1.54, 1.807) is 24.3 Å². The lowest BCUT2D eigenvalue weighted by molar-refractivity contribution is 0.0977. The highest BCUT2D eigenvalue weighted by Crippen LogP contribution is 2.27. The van der Waals surface area contributed by atoms with E-state index in [-0.39, 0.29) is 11.0 Å². The Bertz CT molecular complexity index is 1170. The van der Waals surface area contributed by atoms with Crippen molar-refractivity contribution in [1.29, 1.82) is 0 Å². The van der Waals surface area contributed by atoms with Gasteiger partial charge in [-0.1, -0.05) is 24.3 Å². The van der Waals surface area contributed by atoms with Gasteiger partial charge in [-0.2, -0.15) is 0 Å². The molecular formula is C21H14IN3O2S. The van der Waals surface area contributed by atoms with Crippen molar-refractivity contribution in [2.24, 2.45) is 0 Å². The second-order valence-corrected chi connectivity index (χ2v) is 7.64. The van der Waals surface area contributed by atoms with Gasteiger partial charge in [-0.15, -0.1) is 0 Å². The van der Waals surface area contributed by atoms with Gasteiger partial charge < -0.3 is 9.73 Å². The maximum Gasteiger partial charge on any atom is 0.257 e. The van der Waals surface area contributed by atoms with Crippen molar-refractivity contribution in [2.45, 2.75) is 0 Å². The number of hydrogen-bond donors (Lipinski definition) is 2. The maximum absolute atomic E-state index is 12.2. The molecule has 1 aromatic heterocycles. The van der Waals surface area contributed by atoms with E-state index >= 15 is 0 Å². The van der Waals surface area contributed by atoms with Crippen LogP contribution in [0.5, 0.6) is 0 Å². The number of fused-ring (bicyclic) bond motifs is 1. The monoisotopic (exact) mass is 499 g/mol. The summed E-state index contributed by atoms with van der Waals surface area (Å²) >= 11 is 7.50. The summed E-state index contributed by atoms with van der Waals surface area (Å²) in [4.78, 5) is 16.7. The van der Waals surface area contributed by atoms with Crippen molar-refractivity contribution in [3.05, 3.63) is 81.9 Å². The lowest BCUT2D eigenvalue weighted by Crippen LogP contribution is -2.34. The average molecular weight is 499 g/mol. The van der Waals surface area contributed by atoms with Gasteiger partial charge in [-0.3, -0.25) is 10.1 Å². The Morgan fingerprint density at radius 2 is 1.82 bits per heavy atom. The molecule has 5 nitrogen and oxygen atoms in total. The van der Waals surface area contributed by atoms with E-state index in [4.69, 9.17) is 16.6 Å². The van der Waals surface area contributed by atoms with Crippen LogP contribution in [-0.4, -0.2) is 16.0 Å². The number of nitrogens with zero attached hydrogens (tertiary/aromatic N) is 1. The number of amides is 1. The number of thiocarbonyl (C=S) groups is 1. The lowest BCUT2D eigenvalue weighted by atomic mass is 10.2. The Labute approximate surface area is 180 Å². The summed E-state index contributed by atoms with van der Waals surface area (Å²) < 4.78 is 6.96. The third-order valence-corrected chi connectivity index (χ3v) is 4.86. The molecule has 28 heavy (non-hydrogen) atoms. The zero-order chi connectivity index (χ0) is 19.5. The summed E-state index contributed by atoms with van der Waals surface area (Å²) in [6, 6.07) is 22.3. The molecule has 4 rings (SSSR count). The van der Waals surface area contributed by atoms with Crippen LogP contribution in [0.15, 0.2) is 77.2 Å². The number of anilines is 1. The Balaban J connectivity index is 1.50. The van der Waals surface area contributed by atoms with Crippen molar-refractivity contribution < 1.29 is 9.21 Å². The molecule has 1 amide bonds. The molecule has 0 aliphatic rings. The van der Waals surface area contributed by atoms with Crippen molar-refractivity contribution in [3.8, 4) is 11.5 Å². The van der Waals surface area contributed by atoms with E-state index in [1.165, 1.54) is 0 Å². The number of hydrogen-bond acceptors (Lipinski definition) is 4. The second kappa shape index (κ2) is 8.07. The van der Waals surface area contributed by atoms with Crippen LogP contribution in [0.4, 0.5) is 5.69 Å². The van der Waals surface area contributed by atoms with Crippen molar-refractivity contribution in [2.75, 3.05) is 5.32 Å². The van der Waals surface area contributed by atoms with Crippen LogP contribution < -0.4 is 10.6 Å². The van der Waals surface area contributed by atoms with Crippen LogP contribution in [-0.2, 0) is 0 Å². The fourth-order valence-electron chi connectivity index (χ4n) is 2.68. The number of aromatic nitrogens is 1. The van der Waals surface area contributed by atoms with Crippen LogP contribution in [0.25, 0.3) is 22.6 Å². The average Bonchev–Trinajstić information content (AvgIpc) is 3.12. The number of benzene rings is 3. The third-order valence-electron chi connectivity index (χ3n) is 3.98. The molecule has 0 fully saturated rings. The minimum absolute atomic E-state index is 0.217. The van der Waals surface area contributed by atoms with Gasteiger partial charge in [0.15, 0.2) is 10.7 Å². The van der Waals surface area contributed by atoms with Crippen molar-refractivity contribution in [3.63, 3.8) is 0 Å². The maximum atomic E-state index is 12.2. The smallest absolute Gasteiger partial charge is 0.257 e. The van der Waals surface area contributed by atoms with Gasteiger partial charge in [0, 0.05) is 20.4 Å². The summed E-state index contributed by atoms with van der Waals surface area (Å²) in [5.41, 5.74) is 3.56. The van der Waals surface area contributed by atoms with Gasteiger partial charge >= 0.3 is 0 Å². The predicted molar refractivity (Wildman–Crippen MR) is 122 cm³/mol. The van der Waals surface area contributed by atoms with Crippen molar-refractivity contribution in [1.82, 2.24) is 10.3 Å². The fraction of sp³-hybridized carbons (Fsp3) is 0. The van der Waals surface area contributed by atoms with Crippen LogP contribution in [0.1, 0.15) is 10.4 Å². The van der Waals surface area contributed by atoms with Crippen LogP contribution in [0, 0.1) is 3.57 Å². The molecule has 2 N–H and O–H groups in total. The van der Waals surface area contributed by atoms with Gasteiger partial charge in [0.25, 0.3) is 5.91 Å². The summed E-state index contributed by atoms with van der Waals surface area (Å²) in [6.45, 7) is 0. The Hall–Kier alpha value is -2.78. The molecule has 0 saturated heterocycles. The first-order valence-electron chi connectivity index (χ1n) is 8.42. The highest BCUT2D eigenvalue weighted by molar-refractivity contribution is 14.1. The van der Waals surface area contributed by atoms with Gasteiger partial charge in [0.05, 0.1) is 0 Å². The quantitative estimate of drug-likeness (QED) is 0.299. The molecule has 0 saturated carbocycles. The first-order valence-corrected chi connectivity index (χ1v) is 9.91. The van der Waals surface area contributed by atoms with E-state index < -0.39 is 0 Å². The molecule has 7 heteroatoms. The van der Waals surface area contributed by atoms with Gasteiger partial charge in [0.2, 0.25) is 5.89 Å². The molecule has 4 aromatic rings. The zero-order valence-electron chi connectivity index (χ0n) is 14.5. The van der Waals surface area contributed by atoms with Crippen LogP contribution in [0.3, 0.4) is 0 Å². The number of carbonyl (C=O) groups excluding carboxylic acids is 1. The first-order chi connectivity index (χ1) is 13.6.